The van der Waals surface area contributed by atoms with Gasteiger partial charge in [0.15, 0.2) is 0 Å². The van der Waals surface area contributed by atoms with Gasteiger partial charge in [-0.05, 0) is 43.4 Å². The second kappa shape index (κ2) is 24.7. The molecule has 4 nitrogen and oxygen atoms in total. The van der Waals surface area contributed by atoms with E-state index in [1.165, 1.54) is 89.9 Å². The van der Waals surface area contributed by atoms with E-state index in [0.29, 0.717) is 24.2 Å². The molecule has 0 spiro atoms. The highest BCUT2D eigenvalue weighted by molar-refractivity contribution is 5.74. The number of carboxylic acid groups (broad SMARTS) is 2. The lowest BCUT2D eigenvalue weighted by molar-refractivity contribution is -0.153. The van der Waals surface area contributed by atoms with Crippen LogP contribution in [0.1, 0.15) is 189 Å². The van der Waals surface area contributed by atoms with Crippen LogP contribution in [-0.4, -0.2) is 22.2 Å². The van der Waals surface area contributed by atoms with Crippen molar-refractivity contribution >= 4 is 11.9 Å². The van der Waals surface area contributed by atoms with Crippen LogP contribution in [0.4, 0.5) is 0 Å². The van der Waals surface area contributed by atoms with E-state index in [9.17, 15) is 14.7 Å². The molecule has 0 aromatic carbocycles. The molecule has 0 rings (SSSR count). The van der Waals surface area contributed by atoms with Crippen molar-refractivity contribution in [3.63, 3.8) is 0 Å². The van der Waals surface area contributed by atoms with Gasteiger partial charge in [0.25, 0.3) is 0 Å². The fourth-order valence-corrected chi connectivity index (χ4v) is 6.63. The smallest absolute Gasteiger partial charge is 0.309 e. The number of hydrogen-bond donors (Lipinski definition) is 2. The van der Waals surface area contributed by atoms with Gasteiger partial charge in [0.2, 0.25) is 0 Å². The molecular formula is C35H68O4. The maximum absolute atomic E-state index is 13.1. The molecule has 232 valence electrons. The van der Waals surface area contributed by atoms with Crippen LogP contribution in [0.5, 0.6) is 0 Å². The molecule has 0 aliphatic heterocycles. The number of hydrogen-bond acceptors (Lipinski definition) is 2. The van der Waals surface area contributed by atoms with Gasteiger partial charge in [-0.1, -0.05) is 157 Å². The third kappa shape index (κ3) is 18.8. The zero-order valence-electron chi connectivity index (χ0n) is 26.9. The molecule has 4 heteroatoms. The predicted octanol–water partition coefficient (Wildman–Crippen LogP) is 11.5. The quantitative estimate of drug-likeness (QED) is 0.0905. The zero-order valence-corrected chi connectivity index (χ0v) is 26.9. The number of rotatable bonds is 29. The van der Waals surface area contributed by atoms with Crippen LogP contribution in [0.25, 0.3) is 0 Å². The van der Waals surface area contributed by atoms with Crippen LogP contribution < -0.4 is 0 Å². The van der Waals surface area contributed by atoms with Gasteiger partial charge in [-0.15, -0.1) is 0 Å². The van der Waals surface area contributed by atoms with E-state index in [0.717, 1.165) is 57.8 Å². The molecule has 2 N–H and O–H groups in total. The summed E-state index contributed by atoms with van der Waals surface area (Å²) in [4.78, 5) is 23.7. The molecule has 0 heterocycles. The maximum Gasteiger partial charge on any atom is 0.309 e. The summed E-state index contributed by atoms with van der Waals surface area (Å²) < 4.78 is 0. The standard InChI is InChI=1S/C35H68O4/c1-6-11-23-30(8-3)27-35(34(38)39,28-31(9-4)24-12-7-2)29-32(10-5)25-21-19-17-15-13-14-16-18-20-22-26-33(36)37/h30-32H,6-29H2,1-5H3,(H,36,37)(H,38,39). The third-order valence-corrected chi connectivity index (χ3v) is 9.41. The van der Waals surface area contributed by atoms with E-state index >= 15 is 0 Å². The first-order valence-electron chi connectivity index (χ1n) is 17.2. The molecule has 0 saturated heterocycles. The van der Waals surface area contributed by atoms with Crippen molar-refractivity contribution < 1.29 is 19.8 Å². The van der Waals surface area contributed by atoms with Gasteiger partial charge in [0.05, 0.1) is 5.41 Å². The Hall–Kier alpha value is -1.06. The molecular weight excluding hydrogens is 484 g/mol. The molecule has 0 aliphatic carbocycles. The van der Waals surface area contributed by atoms with Crippen molar-refractivity contribution in [3.05, 3.63) is 0 Å². The topological polar surface area (TPSA) is 74.6 Å². The van der Waals surface area contributed by atoms with Crippen molar-refractivity contribution in [1.29, 1.82) is 0 Å². The van der Waals surface area contributed by atoms with Gasteiger partial charge in [0.1, 0.15) is 0 Å². The Kier molecular flexibility index (Phi) is 24.0. The Labute approximate surface area is 243 Å². The molecule has 0 aromatic rings. The Morgan fingerprint density at radius 2 is 0.846 bits per heavy atom. The Morgan fingerprint density at radius 3 is 1.15 bits per heavy atom. The average Bonchev–Trinajstić information content (AvgIpc) is 2.92. The molecule has 0 bridgehead atoms. The number of aliphatic carboxylic acids is 2. The highest BCUT2D eigenvalue weighted by atomic mass is 16.4. The highest BCUT2D eigenvalue weighted by Crippen LogP contribution is 2.45. The normalized spacial score (nSPS) is 15.5. The molecule has 0 aromatic heterocycles. The fraction of sp³-hybridized carbons (Fsp3) is 0.943. The highest BCUT2D eigenvalue weighted by Gasteiger charge is 2.42. The first-order valence-corrected chi connectivity index (χ1v) is 17.2. The average molecular weight is 553 g/mol. The van der Waals surface area contributed by atoms with Crippen molar-refractivity contribution in [3.8, 4) is 0 Å². The summed E-state index contributed by atoms with van der Waals surface area (Å²) in [6.07, 6.45) is 26.4. The number of carboxylic acids is 2. The summed E-state index contributed by atoms with van der Waals surface area (Å²) in [5.74, 6) is 0.370. The van der Waals surface area contributed by atoms with Crippen LogP contribution >= 0.6 is 0 Å². The first kappa shape index (κ1) is 37.9. The van der Waals surface area contributed by atoms with E-state index in [4.69, 9.17) is 5.11 Å². The van der Waals surface area contributed by atoms with Crippen molar-refractivity contribution in [2.24, 2.45) is 23.2 Å². The zero-order chi connectivity index (χ0) is 29.4. The van der Waals surface area contributed by atoms with E-state index in [2.05, 4.69) is 34.6 Å². The minimum Gasteiger partial charge on any atom is -0.481 e. The molecule has 0 amide bonds. The van der Waals surface area contributed by atoms with E-state index in [1.807, 2.05) is 0 Å². The molecule has 3 unspecified atom stereocenters. The summed E-state index contributed by atoms with van der Waals surface area (Å²) >= 11 is 0. The third-order valence-electron chi connectivity index (χ3n) is 9.41. The summed E-state index contributed by atoms with van der Waals surface area (Å²) in [5.41, 5.74) is -0.562. The molecule has 0 radical (unpaired) electrons. The first-order chi connectivity index (χ1) is 18.8. The van der Waals surface area contributed by atoms with Gasteiger partial charge in [-0.2, -0.15) is 0 Å². The fourth-order valence-electron chi connectivity index (χ4n) is 6.63. The minimum absolute atomic E-state index is 0.308. The largest absolute Gasteiger partial charge is 0.481 e. The SMILES string of the molecule is CCCCC(CC)CC(CC(CC)CCCC)(CC(CC)CCCCCCCCCCCCC(=O)O)C(=O)O. The summed E-state index contributed by atoms with van der Waals surface area (Å²) in [6.45, 7) is 11.3. The molecule has 0 saturated carbocycles. The number of carbonyl (C=O) groups is 2. The van der Waals surface area contributed by atoms with E-state index < -0.39 is 17.4 Å². The van der Waals surface area contributed by atoms with E-state index in [-0.39, 0.29) is 0 Å². The van der Waals surface area contributed by atoms with Gasteiger partial charge in [-0.3, -0.25) is 9.59 Å². The lowest BCUT2D eigenvalue weighted by Crippen LogP contribution is -2.37. The molecule has 3 atom stereocenters. The summed E-state index contributed by atoms with van der Waals surface area (Å²) in [5, 5.41) is 19.5. The second-order valence-electron chi connectivity index (χ2n) is 12.8. The van der Waals surface area contributed by atoms with Gasteiger partial charge >= 0.3 is 11.9 Å². The molecule has 0 fully saturated rings. The van der Waals surface area contributed by atoms with Crippen LogP contribution in [0.2, 0.25) is 0 Å². The Balaban J connectivity index is 4.88. The van der Waals surface area contributed by atoms with E-state index in [1.54, 1.807) is 0 Å². The van der Waals surface area contributed by atoms with Crippen molar-refractivity contribution in [2.75, 3.05) is 0 Å². The van der Waals surface area contributed by atoms with Gasteiger partial charge < -0.3 is 10.2 Å². The number of unbranched alkanes of at least 4 members (excludes halogenated alkanes) is 11. The van der Waals surface area contributed by atoms with Crippen LogP contribution in [0, 0.1) is 23.2 Å². The molecule has 0 aliphatic rings. The lowest BCUT2D eigenvalue weighted by atomic mass is 9.65. The minimum atomic E-state index is -0.678. The molecule has 39 heavy (non-hydrogen) atoms. The van der Waals surface area contributed by atoms with Gasteiger partial charge in [0, 0.05) is 6.42 Å². The predicted molar refractivity (Wildman–Crippen MR) is 167 cm³/mol. The van der Waals surface area contributed by atoms with Gasteiger partial charge in [-0.25, -0.2) is 0 Å². The van der Waals surface area contributed by atoms with Crippen molar-refractivity contribution in [2.45, 2.75) is 189 Å². The van der Waals surface area contributed by atoms with Crippen LogP contribution in [0.15, 0.2) is 0 Å². The summed E-state index contributed by atoms with van der Waals surface area (Å²) in [6, 6.07) is 0. The summed E-state index contributed by atoms with van der Waals surface area (Å²) in [7, 11) is 0. The second-order valence-corrected chi connectivity index (χ2v) is 12.8. The Morgan fingerprint density at radius 1 is 0.513 bits per heavy atom. The van der Waals surface area contributed by atoms with Crippen LogP contribution in [-0.2, 0) is 9.59 Å². The lowest BCUT2D eigenvalue weighted by Gasteiger charge is -2.38. The van der Waals surface area contributed by atoms with Crippen LogP contribution in [0.3, 0.4) is 0 Å². The Bertz CT molecular complexity index is 569. The monoisotopic (exact) mass is 553 g/mol. The maximum atomic E-state index is 13.1. The van der Waals surface area contributed by atoms with Crippen molar-refractivity contribution in [1.82, 2.24) is 0 Å².